The molecule has 16 heavy (non-hydrogen) atoms. The molecule has 1 unspecified atom stereocenters. The normalized spacial score (nSPS) is 16.3. The van der Waals surface area contributed by atoms with Crippen molar-refractivity contribution in [1.29, 1.82) is 0 Å². The van der Waals surface area contributed by atoms with E-state index < -0.39 is 0 Å². The van der Waals surface area contributed by atoms with Crippen LogP contribution in [0.2, 0.25) is 0 Å². The van der Waals surface area contributed by atoms with Crippen molar-refractivity contribution in [3.8, 4) is 0 Å². The van der Waals surface area contributed by atoms with E-state index in [9.17, 15) is 0 Å². The highest BCUT2D eigenvalue weighted by Crippen LogP contribution is 2.29. The molecular weight excluding hydrogens is 196 g/mol. The minimum absolute atomic E-state index is 0.392. The van der Waals surface area contributed by atoms with Crippen LogP contribution in [-0.2, 0) is 0 Å². The van der Waals surface area contributed by atoms with Gasteiger partial charge in [-0.15, -0.1) is 0 Å². The molecule has 0 spiro atoms. The Labute approximate surface area is 103 Å². The number of quaternary nitrogens is 2. The van der Waals surface area contributed by atoms with Crippen molar-refractivity contribution in [3.05, 3.63) is 0 Å². The number of rotatable bonds is 5. The van der Waals surface area contributed by atoms with Crippen molar-refractivity contribution in [2.45, 2.75) is 39.7 Å². The van der Waals surface area contributed by atoms with Gasteiger partial charge >= 0.3 is 0 Å². The average molecular weight is 230 g/mol. The van der Waals surface area contributed by atoms with Crippen molar-refractivity contribution >= 4 is 0 Å². The lowest BCUT2D eigenvalue weighted by Crippen LogP contribution is -2.52. The second kappa shape index (κ2) is 5.05. The van der Waals surface area contributed by atoms with Crippen molar-refractivity contribution in [2.75, 3.05) is 48.8 Å². The highest BCUT2D eigenvalue weighted by Gasteiger charge is 2.35. The summed E-state index contributed by atoms with van der Waals surface area (Å²) in [5, 5.41) is 0. The first-order chi connectivity index (χ1) is 6.84. The van der Waals surface area contributed by atoms with Gasteiger partial charge in [0.25, 0.3) is 0 Å². The molecule has 0 aromatic carbocycles. The maximum Gasteiger partial charge on any atom is 0.0935 e. The molecule has 1 atom stereocenters. The van der Waals surface area contributed by atoms with Gasteiger partial charge in [-0.1, -0.05) is 20.8 Å². The van der Waals surface area contributed by atoms with Crippen molar-refractivity contribution in [2.24, 2.45) is 5.41 Å². The molecule has 0 aliphatic heterocycles. The van der Waals surface area contributed by atoms with E-state index in [0.717, 1.165) is 15.0 Å². The zero-order chi connectivity index (χ0) is 13.2. The third kappa shape index (κ3) is 6.49. The fourth-order valence-corrected chi connectivity index (χ4v) is 2.74. The van der Waals surface area contributed by atoms with Gasteiger partial charge in [0.2, 0.25) is 0 Å². The lowest BCUT2D eigenvalue weighted by atomic mass is 9.82. The fraction of sp³-hybridized carbons (Fsp3) is 1.00. The van der Waals surface area contributed by atoms with Crippen LogP contribution in [0.1, 0.15) is 33.6 Å². The zero-order valence-corrected chi connectivity index (χ0v) is 13.1. The van der Waals surface area contributed by atoms with Gasteiger partial charge in [0.05, 0.1) is 54.9 Å². The molecule has 0 saturated heterocycles. The smallest absolute Gasteiger partial charge is 0.0935 e. The Kier molecular flexibility index (Phi) is 5.03. The Hall–Kier alpha value is -0.0800. The molecular formula is C14H34N2+2. The molecule has 0 heterocycles. The summed E-state index contributed by atoms with van der Waals surface area (Å²) >= 11 is 0. The van der Waals surface area contributed by atoms with E-state index in [1.165, 1.54) is 19.4 Å². The lowest BCUT2D eigenvalue weighted by molar-refractivity contribution is -0.905. The van der Waals surface area contributed by atoms with E-state index in [4.69, 9.17) is 0 Å². The second-order valence-electron chi connectivity index (χ2n) is 8.15. The van der Waals surface area contributed by atoms with Gasteiger partial charge in [0.1, 0.15) is 0 Å². The molecule has 2 heteroatoms. The Morgan fingerprint density at radius 1 is 0.875 bits per heavy atom. The minimum atomic E-state index is 0.392. The Morgan fingerprint density at radius 3 is 1.56 bits per heavy atom. The third-order valence-corrected chi connectivity index (χ3v) is 3.24. The summed E-state index contributed by atoms with van der Waals surface area (Å²) in [4.78, 5) is 0. The molecule has 0 aliphatic carbocycles. The van der Waals surface area contributed by atoms with Crippen LogP contribution >= 0.6 is 0 Å². The van der Waals surface area contributed by atoms with Crippen molar-refractivity contribution in [1.82, 2.24) is 0 Å². The van der Waals surface area contributed by atoms with Gasteiger partial charge < -0.3 is 8.97 Å². The summed E-state index contributed by atoms with van der Waals surface area (Å²) in [5.41, 5.74) is 0.392. The van der Waals surface area contributed by atoms with Crippen LogP contribution in [-0.4, -0.2) is 63.8 Å². The first-order valence-corrected chi connectivity index (χ1v) is 6.45. The monoisotopic (exact) mass is 230 g/mol. The second-order valence-corrected chi connectivity index (χ2v) is 8.15. The Balaban J connectivity index is 4.38. The van der Waals surface area contributed by atoms with Crippen molar-refractivity contribution < 1.29 is 8.97 Å². The van der Waals surface area contributed by atoms with Gasteiger partial charge in [-0.25, -0.2) is 0 Å². The fourth-order valence-electron chi connectivity index (χ4n) is 2.74. The van der Waals surface area contributed by atoms with Crippen LogP contribution in [0.5, 0.6) is 0 Å². The van der Waals surface area contributed by atoms with Crippen LogP contribution < -0.4 is 0 Å². The maximum atomic E-state index is 2.37. The van der Waals surface area contributed by atoms with E-state index in [0.29, 0.717) is 5.41 Å². The molecule has 0 aromatic heterocycles. The maximum absolute atomic E-state index is 2.37. The summed E-state index contributed by atoms with van der Waals surface area (Å²) < 4.78 is 2.15. The van der Waals surface area contributed by atoms with Gasteiger partial charge in [0.15, 0.2) is 0 Å². The van der Waals surface area contributed by atoms with Gasteiger partial charge in [-0.3, -0.25) is 0 Å². The van der Waals surface area contributed by atoms with E-state index in [1.807, 2.05) is 0 Å². The summed E-state index contributed by atoms with van der Waals surface area (Å²) in [6, 6.07) is 0.735. The molecule has 0 aromatic rings. The third-order valence-electron chi connectivity index (χ3n) is 3.24. The topological polar surface area (TPSA) is 0 Å². The molecule has 0 bridgehead atoms. The molecule has 0 saturated carbocycles. The number of hydrogen-bond acceptors (Lipinski definition) is 0. The Morgan fingerprint density at radius 2 is 1.31 bits per heavy atom. The molecule has 0 aliphatic rings. The summed E-state index contributed by atoms with van der Waals surface area (Å²) in [7, 11) is 13.8. The molecule has 98 valence electrons. The van der Waals surface area contributed by atoms with Crippen LogP contribution in [0.4, 0.5) is 0 Å². The number of nitrogens with zero attached hydrogens (tertiary/aromatic N) is 2. The van der Waals surface area contributed by atoms with Crippen LogP contribution in [0.15, 0.2) is 0 Å². The molecule has 0 N–H and O–H groups in total. The quantitative estimate of drug-likeness (QED) is 0.637. The average Bonchev–Trinajstić information content (AvgIpc) is 1.90. The molecule has 2 nitrogen and oxygen atoms in total. The van der Waals surface area contributed by atoms with E-state index in [1.54, 1.807) is 0 Å². The molecule has 0 rings (SSSR count). The summed E-state index contributed by atoms with van der Waals surface area (Å²) in [5.74, 6) is 0. The number of hydrogen-bond donors (Lipinski definition) is 0. The highest BCUT2D eigenvalue weighted by atomic mass is 15.3. The van der Waals surface area contributed by atoms with Gasteiger partial charge in [0, 0.05) is 18.3 Å². The van der Waals surface area contributed by atoms with Crippen molar-refractivity contribution in [3.63, 3.8) is 0 Å². The zero-order valence-electron chi connectivity index (χ0n) is 13.1. The predicted molar refractivity (Wildman–Crippen MR) is 73.4 cm³/mol. The summed E-state index contributed by atoms with van der Waals surface area (Å²) in [6.07, 6.45) is 2.64. The standard InChI is InChI=1S/C14H34N2/c1-14(2,3)13(16(7,8)9)11-10-12-15(4,5)6/h13H,10-12H2,1-9H3/q+2. The van der Waals surface area contributed by atoms with Crippen LogP contribution in [0, 0.1) is 5.41 Å². The van der Waals surface area contributed by atoms with Gasteiger partial charge in [-0.2, -0.15) is 0 Å². The lowest BCUT2D eigenvalue weighted by Gasteiger charge is -2.42. The van der Waals surface area contributed by atoms with E-state index in [2.05, 4.69) is 63.1 Å². The van der Waals surface area contributed by atoms with E-state index in [-0.39, 0.29) is 0 Å². The highest BCUT2D eigenvalue weighted by molar-refractivity contribution is 4.74. The first-order valence-electron chi connectivity index (χ1n) is 6.45. The molecule has 0 fully saturated rings. The molecule has 0 radical (unpaired) electrons. The van der Waals surface area contributed by atoms with Crippen LogP contribution in [0.25, 0.3) is 0 Å². The Bertz CT molecular complexity index is 186. The first kappa shape index (κ1) is 15.9. The SMILES string of the molecule is CC(C)(C)C(CCC[N+](C)(C)C)[N+](C)(C)C. The van der Waals surface area contributed by atoms with E-state index >= 15 is 0 Å². The summed E-state index contributed by atoms with van der Waals surface area (Å²) in [6.45, 7) is 8.37. The van der Waals surface area contributed by atoms with Gasteiger partial charge in [-0.05, 0) is 0 Å². The van der Waals surface area contributed by atoms with Crippen LogP contribution in [0.3, 0.4) is 0 Å². The molecule has 0 amide bonds. The largest absolute Gasteiger partial charge is 0.331 e. The minimum Gasteiger partial charge on any atom is -0.331 e. The predicted octanol–water partition coefficient (Wildman–Crippen LogP) is 2.59.